The molecule has 1 heterocycles. The molecule has 142 valence electrons. The average Bonchev–Trinajstić information content (AvgIpc) is 2.68. The number of methoxy groups -OCH3 is 1. The zero-order chi connectivity index (χ0) is 19.4. The lowest BCUT2D eigenvalue weighted by Crippen LogP contribution is -2.30. The van der Waals surface area contributed by atoms with Crippen molar-refractivity contribution in [3.63, 3.8) is 0 Å². The SMILES string of the molecule is COc1cc(C(=O)O[C@@H](C)C(=O)Nc2ccc(C)cc2)cc2c1OCCO2. The molecule has 3 rings (SSSR count). The van der Waals surface area contributed by atoms with Gasteiger partial charge in [0.05, 0.1) is 12.7 Å². The molecule has 1 aliphatic rings. The van der Waals surface area contributed by atoms with Crippen molar-refractivity contribution in [3.8, 4) is 17.2 Å². The van der Waals surface area contributed by atoms with Crippen LogP contribution in [0, 0.1) is 6.92 Å². The largest absolute Gasteiger partial charge is 0.493 e. The Hall–Kier alpha value is -3.22. The number of amides is 1. The Morgan fingerprint density at radius 2 is 1.81 bits per heavy atom. The van der Waals surface area contributed by atoms with Crippen LogP contribution < -0.4 is 19.5 Å². The Morgan fingerprint density at radius 1 is 1.11 bits per heavy atom. The highest BCUT2D eigenvalue weighted by atomic mass is 16.6. The smallest absolute Gasteiger partial charge is 0.339 e. The fraction of sp³-hybridized carbons (Fsp3) is 0.300. The van der Waals surface area contributed by atoms with Gasteiger partial charge < -0.3 is 24.3 Å². The van der Waals surface area contributed by atoms with Crippen LogP contribution in [0.15, 0.2) is 36.4 Å². The third kappa shape index (κ3) is 4.31. The van der Waals surface area contributed by atoms with Gasteiger partial charge in [-0.2, -0.15) is 0 Å². The molecule has 0 radical (unpaired) electrons. The fourth-order valence-corrected chi connectivity index (χ4v) is 2.55. The standard InChI is InChI=1S/C20H21NO6/c1-12-4-6-15(7-5-12)21-19(22)13(2)27-20(23)14-10-16(24-3)18-17(11-14)25-8-9-26-18/h4-7,10-11,13H,8-9H2,1-3H3,(H,21,22)/t13-/m0/s1. The lowest BCUT2D eigenvalue weighted by atomic mass is 10.1. The summed E-state index contributed by atoms with van der Waals surface area (Å²) in [6.07, 6.45) is -0.974. The van der Waals surface area contributed by atoms with E-state index in [1.165, 1.54) is 26.2 Å². The molecule has 0 saturated carbocycles. The van der Waals surface area contributed by atoms with Gasteiger partial charge in [0.1, 0.15) is 13.2 Å². The molecular weight excluding hydrogens is 350 g/mol. The lowest BCUT2D eigenvalue weighted by Gasteiger charge is -2.21. The van der Waals surface area contributed by atoms with Crippen LogP contribution in [-0.4, -0.2) is 38.3 Å². The first kappa shape index (κ1) is 18.6. The third-order valence-corrected chi connectivity index (χ3v) is 4.04. The van der Waals surface area contributed by atoms with E-state index in [0.29, 0.717) is 36.1 Å². The maximum absolute atomic E-state index is 12.5. The van der Waals surface area contributed by atoms with E-state index in [1.54, 1.807) is 12.1 Å². The molecule has 2 aromatic rings. The minimum absolute atomic E-state index is 0.214. The second kappa shape index (κ2) is 7.99. The fourth-order valence-electron chi connectivity index (χ4n) is 2.55. The Balaban J connectivity index is 1.69. The zero-order valence-electron chi connectivity index (χ0n) is 15.4. The van der Waals surface area contributed by atoms with Crippen molar-refractivity contribution >= 4 is 17.6 Å². The van der Waals surface area contributed by atoms with Gasteiger partial charge in [0.15, 0.2) is 17.6 Å². The van der Waals surface area contributed by atoms with E-state index in [4.69, 9.17) is 18.9 Å². The van der Waals surface area contributed by atoms with Crippen molar-refractivity contribution in [1.82, 2.24) is 0 Å². The number of esters is 1. The number of rotatable bonds is 5. The summed E-state index contributed by atoms with van der Waals surface area (Å²) >= 11 is 0. The van der Waals surface area contributed by atoms with Gasteiger partial charge in [-0.05, 0) is 38.1 Å². The summed E-state index contributed by atoms with van der Waals surface area (Å²) in [7, 11) is 1.47. The molecule has 0 aliphatic carbocycles. The van der Waals surface area contributed by atoms with E-state index < -0.39 is 18.0 Å². The summed E-state index contributed by atoms with van der Waals surface area (Å²) in [6.45, 7) is 4.25. The van der Waals surface area contributed by atoms with Crippen LogP contribution in [0.5, 0.6) is 17.2 Å². The maximum atomic E-state index is 12.5. The van der Waals surface area contributed by atoms with E-state index in [-0.39, 0.29) is 5.56 Å². The van der Waals surface area contributed by atoms with Crippen molar-refractivity contribution in [2.75, 3.05) is 25.6 Å². The van der Waals surface area contributed by atoms with Crippen LogP contribution in [0.1, 0.15) is 22.8 Å². The number of carbonyl (C=O) groups is 2. The van der Waals surface area contributed by atoms with Gasteiger partial charge in [0.25, 0.3) is 5.91 Å². The van der Waals surface area contributed by atoms with Crippen LogP contribution in [0.4, 0.5) is 5.69 Å². The quantitative estimate of drug-likeness (QED) is 0.814. The first-order chi connectivity index (χ1) is 13.0. The van der Waals surface area contributed by atoms with E-state index in [2.05, 4.69) is 5.32 Å². The summed E-state index contributed by atoms with van der Waals surface area (Å²) in [4.78, 5) is 24.7. The van der Waals surface area contributed by atoms with E-state index >= 15 is 0 Å². The monoisotopic (exact) mass is 371 g/mol. The summed E-state index contributed by atoms with van der Waals surface area (Å²) in [5.41, 5.74) is 1.93. The van der Waals surface area contributed by atoms with E-state index in [0.717, 1.165) is 5.56 Å². The summed E-state index contributed by atoms with van der Waals surface area (Å²) in [6, 6.07) is 10.4. The lowest BCUT2D eigenvalue weighted by molar-refractivity contribution is -0.123. The molecule has 0 bridgehead atoms. The van der Waals surface area contributed by atoms with Crippen molar-refractivity contribution < 1.29 is 28.5 Å². The molecule has 1 N–H and O–H groups in total. The molecule has 7 nitrogen and oxygen atoms in total. The van der Waals surface area contributed by atoms with E-state index in [9.17, 15) is 9.59 Å². The predicted octanol–water partition coefficient (Wildman–Crippen LogP) is 2.96. The highest BCUT2D eigenvalue weighted by Gasteiger charge is 2.24. The molecule has 0 aromatic heterocycles. The second-order valence-electron chi connectivity index (χ2n) is 6.11. The van der Waals surface area contributed by atoms with Crippen molar-refractivity contribution in [2.45, 2.75) is 20.0 Å². The Labute approximate surface area is 157 Å². The van der Waals surface area contributed by atoms with Crippen LogP contribution in [-0.2, 0) is 9.53 Å². The topological polar surface area (TPSA) is 83.1 Å². The number of aryl methyl sites for hydroxylation is 1. The Bertz CT molecular complexity index is 829. The molecule has 2 aromatic carbocycles. The van der Waals surface area contributed by atoms with Crippen LogP contribution in [0.3, 0.4) is 0 Å². The molecule has 7 heteroatoms. The molecule has 0 fully saturated rings. The molecule has 0 spiro atoms. The maximum Gasteiger partial charge on any atom is 0.339 e. The van der Waals surface area contributed by atoms with Crippen molar-refractivity contribution in [2.24, 2.45) is 0 Å². The Kier molecular flexibility index (Phi) is 5.49. The number of anilines is 1. The van der Waals surface area contributed by atoms with Gasteiger partial charge in [0.2, 0.25) is 5.75 Å². The number of nitrogens with one attached hydrogen (secondary N) is 1. The minimum Gasteiger partial charge on any atom is -0.493 e. The van der Waals surface area contributed by atoms with Gasteiger partial charge in [-0.15, -0.1) is 0 Å². The Morgan fingerprint density at radius 3 is 2.52 bits per heavy atom. The molecule has 1 aliphatic heterocycles. The van der Waals surface area contributed by atoms with Gasteiger partial charge in [0, 0.05) is 5.69 Å². The summed E-state index contributed by atoms with van der Waals surface area (Å²) < 4.78 is 21.5. The number of hydrogen-bond donors (Lipinski definition) is 1. The molecule has 0 unspecified atom stereocenters. The normalized spacial score (nSPS) is 13.4. The first-order valence-electron chi connectivity index (χ1n) is 8.54. The summed E-state index contributed by atoms with van der Waals surface area (Å²) in [5, 5.41) is 2.71. The van der Waals surface area contributed by atoms with Crippen molar-refractivity contribution in [3.05, 3.63) is 47.5 Å². The van der Waals surface area contributed by atoms with Gasteiger partial charge in [-0.3, -0.25) is 4.79 Å². The number of benzene rings is 2. The van der Waals surface area contributed by atoms with Gasteiger partial charge in [-0.1, -0.05) is 17.7 Å². The van der Waals surface area contributed by atoms with E-state index in [1.807, 2.05) is 19.1 Å². The third-order valence-electron chi connectivity index (χ3n) is 4.04. The highest BCUT2D eigenvalue weighted by molar-refractivity contribution is 5.97. The molecule has 0 saturated heterocycles. The molecular formula is C20H21NO6. The van der Waals surface area contributed by atoms with Crippen LogP contribution in [0.25, 0.3) is 0 Å². The number of fused-ring (bicyclic) bond motifs is 1. The highest BCUT2D eigenvalue weighted by Crippen LogP contribution is 2.40. The van der Waals surface area contributed by atoms with Gasteiger partial charge in [-0.25, -0.2) is 4.79 Å². The number of ether oxygens (including phenoxy) is 4. The summed E-state index contributed by atoms with van der Waals surface area (Å²) in [5.74, 6) is 0.152. The molecule has 1 amide bonds. The van der Waals surface area contributed by atoms with Crippen LogP contribution in [0.2, 0.25) is 0 Å². The molecule has 1 atom stereocenters. The average molecular weight is 371 g/mol. The first-order valence-corrected chi connectivity index (χ1v) is 8.54. The number of carbonyl (C=O) groups excluding carboxylic acids is 2. The van der Waals surface area contributed by atoms with Gasteiger partial charge >= 0.3 is 5.97 Å². The molecule has 27 heavy (non-hydrogen) atoms. The van der Waals surface area contributed by atoms with Crippen LogP contribution >= 0.6 is 0 Å². The number of hydrogen-bond acceptors (Lipinski definition) is 6. The zero-order valence-corrected chi connectivity index (χ0v) is 15.4. The second-order valence-corrected chi connectivity index (χ2v) is 6.11. The minimum atomic E-state index is -0.974. The van der Waals surface area contributed by atoms with Crippen molar-refractivity contribution in [1.29, 1.82) is 0 Å². The predicted molar refractivity (Wildman–Crippen MR) is 98.7 cm³/mol.